The van der Waals surface area contributed by atoms with Gasteiger partial charge in [0, 0.05) is 5.56 Å². The van der Waals surface area contributed by atoms with Crippen LogP contribution >= 0.6 is 0 Å². The van der Waals surface area contributed by atoms with Crippen LogP contribution in [0, 0.1) is 18.2 Å². The highest BCUT2D eigenvalue weighted by Crippen LogP contribution is 2.20. The van der Waals surface area contributed by atoms with Crippen LogP contribution in [-0.4, -0.2) is 20.4 Å². The predicted molar refractivity (Wildman–Crippen MR) is 91.4 cm³/mol. The maximum atomic E-state index is 13.1. The minimum atomic E-state index is -0.880. The van der Waals surface area contributed by atoms with E-state index in [0.29, 0.717) is 5.56 Å². The van der Waals surface area contributed by atoms with Crippen LogP contribution in [-0.2, 0) is 0 Å². The van der Waals surface area contributed by atoms with Gasteiger partial charge in [-0.25, -0.2) is 13.8 Å². The molecule has 3 aromatic rings. The van der Waals surface area contributed by atoms with Crippen LogP contribution < -0.4 is 11.2 Å². The van der Waals surface area contributed by atoms with E-state index in [9.17, 15) is 19.1 Å². The summed E-state index contributed by atoms with van der Waals surface area (Å²) in [4.78, 5) is 26.3. The van der Waals surface area contributed by atoms with Crippen molar-refractivity contribution < 1.29 is 9.50 Å². The van der Waals surface area contributed by atoms with Gasteiger partial charge in [-0.15, -0.1) is 0 Å². The van der Waals surface area contributed by atoms with E-state index in [1.54, 1.807) is 18.2 Å². The molecular formula is C18H14FN3O3. The first-order valence-corrected chi connectivity index (χ1v) is 7.38. The van der Waals surface area contributed by atoms with E-state index < -0.39 is 22.9 Å². The normalized spacial score (nSPS) is 10.6. The Labute approximate surface area is 141 Å². The quantitative estimate of drug-likeness (QED) is 0.637. The van der Waals surface area contributed by atoms with E-state index in [2.05, 4.69) is 4.98 Å². The predicted octanol–water partition coefficient (Wildman–Crippen LogP) is 2.10. The molecule has 0 unspecified atom stereocenters. The van der Waals surface area contributed by atoms with Crippen molar-refractivity contribution >= 4 is 5.71 Å². The number of nitrogens with one attached hydrogen (secondary N) is 2. The van der Waals surface area contributed by atoms with Crippen molar-refractivity contribution in [1.82, 2.24) is 9.55 Å². The van der Waals surface area contributed by atoms with E-state index in [1.807, 2.05) is 13.0 Å². The second kappa shape index (κ2) is 6.20. The minimum Gasteiger partial charge on any atom is -0.493 e. The van der Waals surface area contributed by atoms with Gasteiger partial charge in [0.05, 0.1) is 11.4 Å². The first-order valence-electron chi connectivity index (χ1n) is 7.38. The largest absolute Gasteiger partial charge is 0.493 e. The van der Waals surface area contributed by atoms with Crippen molar-refractivity contribution in [2.24, 2.45) is 0 Å². The van der Waals surface area contributed by atoms with Gasteiger partial charge in [0.2, 0.25) is 5.88 Å². The summed E-state index contributed by atoms with van der Waals surface area (Å²) in [5, 5.41) is 18.7. The molecule has 6 nitrogen and oxygen atoms in total. The zero-order chi connectivity index (χ0) is 18.1. The van der Waals surface area contributed by atoms with Gasteiger partial charge in [-0.1, -0.05) is 23.8 Å². The molecular weight excluding hydrogens is 325 g/mol. The van der Waals surface area contributed by atoms with Gasteiger partial charge >= 0.3 is 5.69 Å². The second-order valence-corrected chi connectivity index (χ2v) is 5.51. The molecule has 1 aromatic heterocycles. The number of H-pyrrole nitrogens is 1. The molecule has 0 amide bonds. The SMILES string of the molecule is Cc1cccc(C(=N)c2c(O)n(-c3ccc(F)cc3)c(=O)[nH]c2=O)c1. The number of aromatic nitrogens is 2. The standard InChI is InChI=1S/C18H14FN3O3/c1-10-3-2-4-11(9-10)15(20)14-16(23)21-18(25)22(17(14)24)13-7-5-12(19)6-8-13/h2-9,20,24H,1H3,(H,21,23,25). The molecule has 0 aliphatic heterocycles. The summed E-state index contributed by atoms with van der Waals surface area (Å²) in [5.41, 5.74) is -0.844. The van der Waals surface area contributed by atoms with E-state index in [0.717, 1.165) is 22.3 Å². The number of aromatic amines is 1. The minimum absolute atomic E-state index is 0.165. The summed E-state index contributed by atoms with van der Waals surface area (Å²) in [6.45, 7) is 1.83. The molecule has 0 radical (unpaired) electrons. The Balaban J connectivity index is 2.23. The van der Waals surface area contributed by atoms with Crippen molar-refractivity contribution in [2.45, 2.75) is 6.92 Å². The first kappa shape index (κ1) is 16.4. The fourth-order valence-corrected chi connectivity index (χ4v) is 2.52. The van der Waals surface area contributed by atoms with Crippen molar-refractivity contribution in [3.63, 3.8) is 0 Å². The maximum Gasteiger partial charge on any atom is 0.335 e. The number of halogens is 1. The van der Waals surface area contributed by atoms with Crippen LogP contribution in [0.2, 0.25) is 0 Å². The van der Waals surface area contributed by atoms with Gasteiger partial charge in [0.25, 0.3) is 5.56 Å². The molecule has 126 valence electrons. The fraction of sp³-hybridized carbons (Fsp3) is 0.0556. The molecule has 7 heteroatoms. The van der Waals surface area contributed by atoms with Gasteiger partial charge in [-0.2, -0.15) is 0 Å². The molecule has 0 saturated heterocycles. The Bertz CT molecular complexity index is 1080. The molecule has 0 bridgehead atoms. The van der Waals surface area contributed by atoms with Crippen molar-refractivity contribution in [2.75, 3.05) is 0 Å². The van der Waals surface area contributed by atoms with Gasteiger partial charge in [-0.05, 0) is 37.3 Å². The van der Waals surface area contributed by atoms with E-state index >= 15 is 0 Å². The smallest absolute Gasteiger partial charge is 0.335 e. The second-order valence-electron chi connectivity index (χ2n) is 5.51. The lowest BCUT2D eigenvalue weighted by molar-refractivity contribution is 0.429. The third-order valence-electron chi connectivity index (χ3n) is 3.73. The van der Waals surface area contributed by atoms with E-state index in [1.165, 1.54) is 12.1 Å². The molecule has 0 aliphatic rings. The Morgan fingerprint density at radius 2 is 1.84 bits per heavy atom. The number of rotatable bonds is 3. The lowest BCUT2D eigenvalue weighted by Gasteiger charge is -2.12. The summed E-state index contributed by atoms with van der Waals surface area (Å²) >= 11 is 0. The third-order valence-corrected chi connectivity index (χ3v) is 3.73. The fourth-order valence-electron chi connectivity index (χ4n) is 2.52. The zero-order valence-corrected chi connectivity index (χ0v) is 13.2. The Morgan fingerprint density at radius 3 is 2.48 bits per heavy atom. The molecule has 0 fully saturated rings. The van der Waals surface area contributed by atoms with Crippen LogP contribution in [0.1, 0.15) is 16.7 Å². The van der Waals surface area contributed by atoms with Crippen LogP contribution in [0.3, 0.4) is 0 Å². The summed E-state index contributed by atoms with van der Waals surface area (Å²) in [6.07, 6.45) is 0. The highest BCUT2D eigenvalue weighted by Gasteiger charge is 2.20. The Morgan fingerprint density at radius 1 is 1.16 bits per heavy atom. The number of benzene rings is 2. The molecule has 0 saturated carbocycles. The number of hydrogen-bond acceptors (Lipinski definition) is 4. The van der Waals surface area contributed by atoms with Crippen molar-refractivity contribution in [3.05, 3.63) is 91.9 Å². The lowest BCUT2D eigenvalue weighted by atomic mass is 10.0. The Hall–Kier alpha value is -3.48. The number of aryl methyl sites for hydroxylation is 1. The molecule has 1 heterocycles. The topological polar surface area (TPSA) is 98.9 Å². The number of aromatic hydroxyl groups is 1. The van der Waals surface area contributed by atoms with Gasteiger partial charge in [-0.3, -0.25) is 15.2 Å². The third kappa shape index (κ3) is 2.99. The van der Waals surface area contributed by atoms with Crippen molar-refractivity contribution in [1.29, 1.82) is 5.41 Å². The van der Waals surface area contributed by atoms with Gasteiger partial charge in [0.15, 0.2) is 0 Å². The summed E-state index contributed by atoms with van der Waals surface area (Å²) in [7, 11) is 0. The van der Waals surface area contributed by atoms with Gasteiger partial charge in [0.1, 0.15) is 11.4 Å². The molecule has 0 spiro atoms. The molecule has 2 aromatic carbocycles. The molecule has 25 heavy (non-hydrogen) atoms. The average Bonchev–Trinajstić information content (AvgIpc) is 2.56. The highest BCUT2D eigenvalue weighted by atomic mass is 19.1. The van der Waals surface area contributed by atoms with Crippen LogP contribution in [0.4, 0.5) is 4.39 Å². The van der Waals surface area contributed by atoms with Crippen LogP contribution in [0.5, 0.6) is 5.88 Å². The van der Waals surface area contributed by atoms with Crippen molar-refractivity contribution in [3.8, 4) is 11.6 Å². The van der Waals surface area contributed by atoms with E-state index in [-0.39, 0.29) is 17.0 Å². The highest BCUT2D eigenvalue weighted by molar-refractivity contribution is 6.12. The van der Waals surface area contributed by atoms with Crippen LogP contribution in [0.15, 0.2) is 58.1 Å². The lowest BCUT2D eigenvalue weighted by Crippen LogP contribution is -2.33. The summed E-state index contributed by atoms with van der Waals surface area (Å²) in [5.74, 6) is -1.18. The van der Waals surface area contributed by atoms with Crippen LogP contribution in [0.25, 0.3) is 5.69 Å². The average molecular weight is 339 g/mol. The maximum absolute atomic E-state index is 13.1. The number of nitrogens with zero attached hydrogens (tertiary/aromatic N) is 1. The monoisotopic (exact) mass is 339 g/mol. The zero-order valence-electron chi connectivity index (χ0n) is 13.2. The Kier molecular flexibility index (Phi) is 4.06. The molecule has 3 rings (SSSR count). The molecule has 3 N–H and O–H groups in total. The van der Waals surface area contributed by atoms with Gasteiger partial charge < -0.3 is 5.11 Å². The molecule has 0 atom stereocenters. The summed E-state index contributed by atoms with van der Waals surface area (Å²) < 4.78 is 13.9. The first-order chi connectivity index (χ1) is 11.9. The molecule has 0 aliphatic carbocycles. The van der Waals surface area contributed by atoms with E-state index in [4.69, 9.17) is 5.41 Å². The number of hydrogen-bond donors (Lipinski definition) is 3. The summed E-state index contributed by atoms with van der Waals surface area (Å²) in [6, 6.07) is 11.7.